The molecule has 0 fully saturated rings. The number of ether oxygens (including phenoxy) is 2. The topological polar surface area (TPSA) is 56.5 Å². The van der Waals surface area contributed by atoms with Crippen molar-refractivity contribution in [3.8, 4) is 11.5 Å². The number of hydrogen-bond acceptors (Lipinski definition) is 4. The van der Waals surface area contributed by atoms with Gasteiger partial charge in [0.1, 0.15) is 36.6 Å². The van der Waals surface area contributed by atoms with Crippen LogP contribution in [-0.4, -0.2) is 27.4 Å². The fourth-order valence-corrected chi connectivity index (χ4v) is 3.80. The highest BCUT2D eigenvalue weighted by Gasteiger charge is 2.16. The Bertz CT molecular complexity index is 1230. The molecule has 3 aromatic carbocycles. The first-order valence-corrected chi connectivity index (χ1v) is 10.9. The van der Waals surface area contributed by atoms with E-state index < -0.39 is 6.10 Å². The molecule has 1 heterocycles. The van der Waals surface area contributed by atoms with E-state index in [1.807, 2.05) is 66.1 Å². The van der Waals surface area contributed by atoms with E-state index in [2.05, 4.69) is 26.8 Å². The second-order valence-electron chi connectivity index (χ2n) is 8.40. The zero-order valence-corrected chi connectivity index (χ0v) is 19.1. The Labute approximate surface area is 189 Å². The van der Waals surface area contributed by atoms with Crippen LogP contribution in [0.1, 0.15) is 28.1 Å². The molecule has 32 heavy (non-hydrogen) atoms. The largest absolute Gasteiger partial charge is 0.491 e. The maximum atomic E-state index is 10.7. The van der Waals surface area contributed by atoms with Crippen LogP contribution in [0.25, 0.3) is 11.0 Å². The maximum Gasteiger partial charge on any atom is 0.148 e. The number of benzene rings is 3. The summed E-state index contributed by atoms with van der Waals surface area (Å²) in [5.41, 5.74) is 6.54. The molecule has 0 aliphatic carbocycles. The number of nitrogens with zero attached hydrogens (tertiary/aromatic N) is 2. The van der Waals surface area contributed by atoms with Gasteiger partial charge >= 0.3 is 0 Å². The van der Waals surface area contributed by atoms with E-state index in [4.69, 9.17) is 14.5 Å². The van der Waals surface area contributed by atoms with Crippen molar-refractivity contribution in [3.05, 3.63) is 88.7 Å². The number of para-hydroxylation sites is 2. The summed E-state index contributed by atoms with van der Waals surface area (Å²) in [6.07, 6.45) is -0.686. The molecular formula is C27H30N2O3. The lowest BCUT2D eigenvalue weighted by atomic mass is 10.1. The third-order valence-corrected chi connectivity index (χ3v) is 5.73. The van der Waals surface area contributed by atoms with Crippen molar-refractivity contribution >= 4 is 11.0 Å². The number of imidazole rings is 1. The first-order valence-electron chi connectivity index (χ1n) is 10.9. The van der Waals surface area contributed by atoms with Crippen LogP contribution in [0.15, 0.2) is 60.7 Å². The SMILES string of the molecule is Cc1ccc(OCc2nc3ccccc3n2CC(O)COc2ccc(C)c(C)c2)c(C)c1. The highest BCUT2D eigenvalue weighted by atomic mass is 16.5. The molecular weight excluding hydrogens is 400 g/mol. The third-order valence-electron chi connectivity index (χ3n) is 5.73. The monoisotopic (exact) mass is 430 g/mol. The predicted molar refractivity (Wildman–Crippen MR) is 127 cm³/mol. The molecule has 0 saturated carbocycles. The van der Waals surface area contributed by atoms with Crippen molar-refractivity contribution in [2.24, 2.45) is 0 Å². The molecule has 1 atom stereocenters. The molecule has 0 spiro atoms. The Hall–Kier alpha value is -3.31. The fraction of sp³-hybridized carbons (Fsp3) is 0.296. The number of aliphatic hydroxyl groups is 1. The Morgan fingerprint density at radius 3 is 2.47 bits per heavy atom. The van der Waals surface area contributed by atoms with Crippen LogP contribution in [0.5, 0.6) is 11.5 Å². The van der Waals surface area contributed by atoms with Crippen molar-refractivity contribution in [1.29, 1.82) is 0 Å². The lowest BCUT2D eigenvalue weighted by Gasteiger charge is -2.17. The van der Waals surface area contributed by atoms with Gasteiger partial charge in [-0.1, -0.05) is 35.9 Å². The first kappa shape index (κ1) is 21.9. The number of rotatable bonds is 8. The number of hydrogen-bond donors (Lipinski definition) is 1. The normalized spacial score (nSPS) is 12.2. The van der Waals surface area contributed by atoms with Gasteiger partial charge in [0.25, 0.3) is 0 Å². The second-order valence-corrected chi connectivity index (χ2v) is 8.40. The van der Waals surface area contributed by atoms with E-state index in [0.717, 1.165) is 33.9 Å². The molecule has 0 aliphatic heterocycles. The van der Waals surface area contributed by atoms with E-state index >= 15 is 0 Å². The smallest absolute Gasteiger partial charge is 0.148 e. The van der Waals surface area contributed by atoms with Crippen LogP contribution in [0.3, 0.4) is 0 Å². The third kappa shape index (κ3) is 4.94. The van der Waals surface area contributed by atoms with Gasteiger partial charge in [-0.2, -0.15) is 0 Å². The molecule has 5 heteroatoms. The zero-order chi connectivity index (χ0) is 22.7. The highest BCUT2D eigenvalue weighted by Crippen LogP contribution is 2.22. The summed E-state index contributed by atoms with van der Waals surface area (Å²) in [4.78, 5) is 4.75. The number of aryl methyl sites for hydroxylation is 4. The number of fused-ring (bicyclic) bond motifs is 1. The minimum atomic E-state index is -0.686. The molecule has 0 bridgehead atoms. The molecule has 1 aromatic heterocycles. The minimum absolute atomic E-state index is 0.201. The van der Waals surface area contributed by atoms with Crippen LogP contribution in [0, 0.1) is 27.7 Å². The molecule has 1 N–H and O–H groups in total. The Morgan fingerprint density at radius 2 is 1.69 bits per heavy atom. The van der Waals surface area contributed by atoms with E-state index in [1.54, 1.807) is 0 Å². The first-order chi connectivity index (χ1) is 15.4. The predicted octanol–water partition coefficient (Wildman–Crippen LogP) is 5.29. The average Bonchev–Trinajstić information content (AvgIpc) is 3.11. The minimum Gasteiger partial charge on any atom is -0.491 e. The van der Waals surface area contributed by atoms with Crippen LogP contribution in [-0.2, 0) is 13.2 Å². The molecule has 1 unspecified atom stereocenters. The van der Waals surface area contributed by atoms with Crippen molar-refractivity contribution in [2.45, 2.75) is 47.0 Å². The second kappa shape index (κ2) is 9.45. The summed E-state index contributed by atoms with van der Waals surface area (Å²) in [6, 6.07) is 20.0. The highest BCUT2D eigenvalue weighted by molar-refractivity contribution is 5.75. The number of aromatic nitrogens is 2. The summed E-state index contributed by atoms with van der Waals surface area (Å²) in [6.45, 7) is 9.13. The standard InChI is InChI=1S/C27H30N2O3/c1-18-9-12-26(21(4)13-18)32-17-27-28-24-7-5-6-8-25(24)29(27)15-22(30)16-31-23-11-10-19(2)20(3)14-23/h5-14,22,30H,15-17H2,1-4H3. The van der Waals surface area contributed by atoms with Gasteiger partial charge in [-0.15, -0.1) is 0 Å². The van der Waals surface area contributed by atoms with E-state index in [9.17, 15) is 5.11 Å². The molecule has 0 aliphatic rings. The molecule has 0 amide bonds. The van der Waals surface area contributed by atoms with E-state index in [-0.39, 0.29) is 6.61 Å². The summed E-state index contributed by atoms with van der Waals surface area (Å²) >= 11 is 0. The molecule has 5 nitrogen and oxygen atoms in total. The van der Waals surface area contributed by atoms with E-state index in [0.29, 0.717) is 13.2 Å². The van der Waals surface area contributed by atoms with Crippen LogP contribution in [0.4, 0.5) is 0 Å². The molecule has 0 saturated heterocycles. The molecule has 0 radical (unpaired) electrons. The van der Waals surface area contributed by atoms with Crippen molar-refractivity contribution < 1.29 is 14.6 Å². The van der Waals surface area contributed by atoms with Gasteiger partial charge in [0, 0.05) is 0 Å². The molecule has 4 aromatic rings. The quantitative estimate of drug-likeness (QED) is 0.413. The lowest BCUT2D eigenvalue weighted by Crippen LogP contribution is -2.25. The van der Waals surface area contributed by atoms with Crippen LogP contribution < -0.4 is 9.47 Å². The van der Waals surface area contributed by atoms with Gasteiger partial charge in [0.15, 0.2) is 0 Å². The average molecular weight is 431 g/mol. The number of aliphatic hydroxyl groups excluding tert-OH is 1. The van der Waals surface area contributed by atoms with Gasteiger partial charge < -0.3 is 19.1 Å². The van der Waals surface area contributed by atoms with Crippen molar-refractivity contribution in [2.75, 3.05) is 6.61 Å². The van der Waals surface area contributed by atoms with Gasteiger partial charge in [-0.05, 0) is 74.7 Å². The van der Waals surface area contributed by atoms with Gasteiger partial charge in [-0.25, -0.2) is 4.98 Å². The fourth-order valence-electron chi connectivity index (χ4n) is 3.80. The summed E-state index contributed by atoms with van der Waals surface area (Å²) < 4.78 is 14.0. The van der Waals surface area contributed by atoms with Gasteiger partial charge in [-0.3, -0.25) is 0 Å². The van der Waals surface area contributed by atoms with E-state index in [1.165, 1.54) is 16.7 Å². The van der Waals surface area contributed by atoms with Crippen molar-refractivity contribution in [3.63, 3.8) is 0 Å². The van der Waals surface area contributed by atoms with Crippen molar-refractivity contribution in [1.82, 2.24) is 9.55 Å². The molecule has 4 rings (SSSR count). The van der Waals surface area contributed by atoms with Gasteiger partial charge in [0.2, 0.25) is 0 Å². The van der Waals surface area contributed by atoms with Gasteiger partial charge in [0.05, 0.1) is 17.6 Å². The lowest BCUT2D eigenvalue weighted by molar-refractivity contribution is 0.0917. The summed E-state index contributed by atoms with van der Waals surface area (Å²) in [7, 11) is 0. The Balaban J connectivity index is 1.49. The summed E-state index contributed by atoms with van der Waals surface area (Å²) in [5, 5.41) is 10.7. The Morgan fingerprint density at radius 1 is 0.875 bits per heavy atom. The maximum absolute atomic E-state index is 10.7. The molecule has 166 valence electrons. The van der Waals surface area contributed by atoms with Crippen LogP contribution in [0.2, 0.25) is 0 Å². The zero-order valence-electron chi connectivity index (χ0n) is 19.1. The Kier molecular flexibility index (Phi) is 6.47. The summed E-state index contributed by atoms with van der Waals surface area (Å²) in [5.74, 6) is 2.38. The van der Waals surface area contributed by atoms with Crippen LogP contribution >= 0.6 is 0 Å².